The standard InChI is InChI=1S/C20H43N2O/c1-5-7-8-9-10-11-12-13-14-15-17-22(3,4)19-20(23)18-21-16-6-2/h6,20-21,23H,2,5,7-19H2,1,3-4H3/q+1. The van der Waals surface area contributed by atoms with Crippen molar-refractivity contribution >= 4 is 0 Å². The van der Waals surface area contributed by atoms with Crippen LogP contribution in [0.3, 0.4) is 0 Å². The lowest BCUT2D eigenvalue weighted by Gasteiger charge is -2.32. The number of unbranched alkanes of at least 4 members (excludes halogenated alkanes) is 9. The van der Waals surface area contributed by atoms with Crippen molar-refractivity contribution in [3.63, 3.8) is 0 Å². The normalized spacial score (nSPS) is 13.2. The van der Waals surface area contributed by atoms with Crippen LogP contribution in [0.2, 0.25) is 0 Å². The molecule has 0 saturated heterocycles. The zero-order chi connectivity index (χ0) is 17.4. The maximum absolute atomic E-state index is 10.1. The number of aliphatic hydroxyl groups excluding tert-OH is 1. The summed E-state index contributed by atoms with van der Waals surface area (Å²) < 4.78 is 0.911. The Morgan fingerprint density at radius 3 is 2.00 bits per heavy atom. The largest absolute Gasteiger partial charge is 0.386 e. The lowest BCUT2D eigenvalue weighted by atomic mass is 10.1. The molecule has 0 aliphatic heterocycles. The highest BCUT2D eigenvalue weighted by Gasteiger charge is 2.19. The Kier molecular flexibility index (Phi) is 14.9. The quantitative estimate of drug-likeness (QED) is 0.239. The van der Waals surface area contributed by atoms with Gasteiger partial charge in [-0.1, -0.05) is 64.4 Å². The molecule has 0 fully saturated rings. The van der Waals surface area contributed by atoms with Crippen molar-refractivity contribution in [1.29, 1.82) is 0 Å². The second-order valence-electron chi connectivity index (χ2n) is 7.62. The molecule has 0 spiro atoms. The molecule has 0 aromatic heterocycles. The number of likely N-dealkylation sites (N-methyl/N-ethyl adjacent to an activating group) is 1. The van der Waals surface area contributed by atoms with Gasteiger partial charge in [-0.25, -0.2) is 0 Å². The molecule has 3 nitrogen and oxygen atoms in total. The molecule has 0 heterocycles. The number of hydrogen-bond donors (Lipinski definition) is 2. The third-order valence-electron chi connectivity index (χ3n) is 4.49. The van der Waals surface area contributed by atoms with Gasteiger partial charge in [-0.15, -0.1) is 6.58 Å². The summed E-state index contributed by atoms with van der Waals surface area (Å²) in [6.45, 7) is 9.36. The molecule has 1 unspecified atom stereocenters. The van der Waals surface area contributed by atoms with E-state index < -0.39 is 0 Å². The number of rotatable bonds is 17. The summed E-state index contributed by atoms with van der Waals surface area (Å²) in [6, 6.07) is 0. The maximum Gasteiger partial charge on any atom is 0.115 e. The van der Waals surface area contributed by atoms with Gasteiger partial charge in [0.2, 0.25) is 0 Å². The van der Waals surface area contributed by atoms with E-state index in [0.29, 0.717) is 6.54 Å². The first-order valence-corrected chi connectivity index (χ1v) is 9.83. The van der Waals surface area contributed by atoms with Crippen molar-refractivity contribution in [3.05, 3.63) is 12.7 Å². The molecule has 1 atom stereocenters. The van der Waals surface area contributed by atoms with E-state index in [4.69, 9.17) is 0 Å². The van der Waals surface area contributed by atoms with Crippen molar-refractivity contribution in [1.82, 2.24) is 5.32 Å². The smallest absolute Gasteiger partial charge is 0.115 e. The van der Waals surface area contributed by atoms with Gasteiger partial charge in [0.15, 0.2) is 0 Å². The van der Waals surface area contributed by atoms with Crippen LogP contribution in [0.1, 0.15) is 71.1 Å². The van der Waals surface area contributed by atoms with Crippen LogP contribution in [-0.4, -0.2) is 56.0 Å². The van der Waals surface area contributed by atoms with Crippen molar-refractivity contribution in [2.75, 3.05) is 40.3 Å². The van der Waals surface area contributed by atoms with Crippen LogP contribution in [-0.2, 0) is 0 Å². The highest BCUT2D eigenvalue weighted by Crippen LogP contribution is 2.11. The molecule has 3 heteroatoms. The van der Waals surface area contributed by atoms with Crippen LogP contribution in [0, 0.1) is 0 Å². The summed E-state index contributed by atoms with van der Waals surface area (Å²) in [4.78, 5) is 0. The number of aliphatic hydroxyl groups is 1. The minimum Gasteiger partial charge on any atom is -0.386 e. The molecule has 0 aliphatic carbocycles. The second kappa shape index (κ2) is 15.2. The SMILES string of the molecule is C=CCNCC(O)C[N+](C)(C)CCCCCCCCCCCC. The molecule has 0 aromatic carbocycles. The van der Waals surface area contributed by atoms with Gasteiger partial charge in [0.05, 0.1) is 20.6 Å². The molecule has 0 bridgehead atoms. The molecular weight excluding hydrogens is 284 g/mol. The Morgan fingerprint density at radius 2 is 1.48 bits per heavy atom. The lowest BCUT2D eigenvalue weighted by molar-refractivity contribution is -0.893. The van der Waals surface area contributed by atoms with Crippen LogP contribution >= 0.6 is 0 Å². The van der Waals surface area contributed by atoms with E-state index in [1.807, 2.05) is 6.08 Å². The molecule has 0 saturated carbocycles. The van der Waals surface area contributed by atoms with Gasteiger partial charge in [-0.2, -0.15) is 0 Å². The molecule has 23 heavy (non-hydrogen) atoms. The van der Waals surface area contributed by atoms with E-state index in [-0.39, 0.29) is 6.10 Å². The summed E-state index contributed by atoms with van der Waals surface area (Å²) >= 11 is 0. The summed E-state index contributed by atoms with van der Waals surface area (Å²) in [5.74, 6) is 0. The predicted molar refractivity (Wildman–Crippen MR) is 103 cm³/mol. The summed E-state index contributed by atoms with van der Waals surface area (Å²) in [6.07, 6.45) is 15.4. The van der Waals surface area contributed by atoms with Gasteiger partial charge in [-0.05, 0) is 12.8 Å². The van der Waals surface area contributed by atoms with Crippen LogP contribution in [0.5, 0.6) is 0 Å². The Hall–Kier alpha value is -0.380. The number of nitrogens with zero attached hydrogens (tertiary/aromatic N) is 1. The molecule has 0 aromatic rings. The van der Waals surface area contributed by atoms with E-state index in [0.717, 1.165) is 24.1 Å². The van der Waals surface area contributed by atoms with Crippen LogP contribution < -0.4 is 5.32 Å². The average Bonchev–Trinajstić information content (AvgIpc) is 2.49. The number of nitrogens with one attached hydrogen (secondary N) is 1. The van der Waals surface area contributed by atoms with Crippen LogP contribution in [0.25, 0.3) is 0 Å². The van der Waals surface area contributed by atoms with Crippen molar-refractivity contribution < 1.29 is 9.59 Å². The van der Waals surface area contributed by atoms with E-state index in [1.165, 1.54) is 64.2 Å². The first-order chi connectivity index (χ1) is 11.0. The monoisotopic (exact) mass is 327 g/mol. The van der Waals surface area contributed by atoms with E-state index >= 15 is 0 Å². The second-order valence-corrected chi connectivity index (χ2v) is 7.62. The lowest BCUT2D eigenvalue weighted by Crippen LogP contribution is -2.48. The van der Waals surface area contributed by atoms with E-state index in [9.17, 15) is 5.11 Å². The first kappa shape index (κ1) is 22.6. The highest BCUT2D eigenvalue weighted by atomic mass is 16.3. The minimum atomic E-state index is -0.270. The van der Waals surface area contributed by atoms with Crippen LogP contribution in [0.15, 0.2) is 12.7 Å². The van der Waals surface area contributed by atoms with Crippen LogP contribution in [0.4, 0.5) is 0 Å². The highest BCUT2D eigenvalue weighted by molar-refractivity contribution is 4.71. The summed E-state index contributed by atoms with van der Waals surface area (Å²) in [7, 11) is 4.45. The molecule has 0 rings (SSSR count). The molecule has 138 valence electrons. The predicted octanol–water partition coefficient (Wildman–Crippen LogP) is 4.12. The van der Waals surface area contributed by atoms with Gasteiger partial charge in [0.1, 0.15) is 12.6 Å². The number of hydrogen-bond acceptors (Lipinski definition) is 2. The van der Waals surface area contributed by atoms with E-state index in [1.54, 1.807) is 0 Å². The number of quaternary nitrogens is 1. The zero-order valence-corrected chi connectivity index (χ0v) is 16.2. The van der Waals surface area contributed by atoms with Gasteiger partial charge < -0.3 is 14.9 Å². The van der Waals surface area contributed by atoms with Crippen molar-refractivity contribution in [2.24, 2.45) is 0 Å². The third kappa shape index (κ3) is 16.3. The van der Waals surface area contributed by atoms with Crippen molar-refractivity contribution in [3.8, 4) is 0 Å². The van der Waals surface area contributed by atoms with Crippen molar-refractivity contribution in [2.45, 2.75) is 77.2 Å². The molecule has 2 N–H and O–H groups in total. The summed E-state index contributed by atoms with van der Waals surface area (Å²) in [5, 5.41) is 13.2. The molecule has 0 amide bonds. The Bertz CT molecular complexity index is 266. The summed E-state index contributed by atoms with van der Waals surface area (Å²) in [5.41, 5.74) is 0. The Morgan fingerprint density at radius 1 is 0.957 bits per heavy atom. The van der Waals surface area contributed by atoms with Gasteiger partial charge in [-0.3, -0.25) is 0 Å². The van der Waals surface area contributed by atoms with E-state index in [2.05, 4.69) is 32.9 Å². The fraction of sp³-hybridized carbons (Fsp3) is 0.900. The fourth-order valence-corrected chi connectivity index (χ4v) is 3.11. The molecule has 0 radical (unpaired) electrons. The maximum atomic E-state index is 10.1. The minimum absolute atomic E-state index is 0.270. The van der Waals surface area contributed by atoms with Gasteiger partial charge in [0.25, 0.3) is 0 Å². The zero-order valence-electron chi connectivity index (χ0n) is 16.2. The topological polar surface area (TPSA) is 32.3 Å². The average molecular weight is 328 g/mol. The van der Waals surface area contributed by atoms with Gasteiger partial charge in [0, 0.05) is 13.1 Å². The molecular formula is C20H43N2O+. The first-order valence-electron chi connectivity index (χ1n) is 9.83. The van der Waals surface area contributed by atoms with Gasteiger partial charge >= 0.3 is 0 Å². The fourth-order valence-electron chi connectivity index (χ4n) is 3.11. The third-order valence-corrected chi connectivity index (χ3v) is 4.49. The Labute approximate surface area is 145 Å². The Balaban J connectivity index is 3.49. The molecule has 0 aliphatic rings.